The van der Waals surface area contributed by atoms with E-state index in [1.807, 2.05) is 10.9 Å². The molecule has 0 aliphatic heterocycles. The first-order valence-electron chi connectivity index (χ1n) is 3.92. The standard InChI is InChI=1S/C6H11N7O2/c1-9-13-2-10-3(5(14)11-7)4(13)6(15)12-8/h2,9H,7-8H2,1H3,(H,11,14)(H,12,15). The van der Waals surface area contributed by atoms with E-state index in [2.05, 4.69) is 10.4 Å². The van der Waals surface area contributed by atoms with Crippen molar-refractivity contribution in [3.63, 3.8) is 0 Å². The lowest BCUT2D eigenvalue weighted by molar-refractivity contribution is 0.0912. The summed E-state index contributed by atoms with van der Waals surface area (Å²) in [4.78, 5) is 26.3. The van der Waals surface area contributed by atoms with Crippen molar-refractivity contribution < 1.29 is 9.59 Å². The van der Waals surface area contributed by atoms with Crippen LogP contribution in [0.2, 0.25) is 0 Å². The smallest absolute Gasteiger partial charge is 0.286 e. The van der Waals surface area contributed by atoms with Crippen LogP contribution in [0.3, 0.4) is 0 Å². The van der Waals surface area contributed by atoms with Gasteiger partial charge in [0.15, 0.2) is 11.4 Å². The molecule has 0 atom stereocenters. The Balaban J connectivity index is 3.23. The number of aromatic nitrogens is 2. The maximum atomic E-state index is 11.3. The van der Waals surface area contributed by atoms with E-state index in [1.54, 1.807) is 7.05 Å². The van der Waals surface area contributed by atoms with Gasteiger partial charge >= 0.3 is 0 Å². The number of nitrogens with two attached hydrogens (primary N) is 2. The van der Waals surface area contributed by atoms with Crippen molar-refractivity contribution in [1.82, 2.24) is 20.5 Å². The van der Waals surface area contributed by atoms with E-state index in [0.717, 1.165) is 0 Å². The van der Waals surface area contributed by atoms with E-state index in [-0.39, 0.29) is 11.4 Å². The first kappa shape index (κ1) is 10.9. The molecule has 7 N–H and O–H groups in total. The molecule has 15 heavy (non-hydrogen) atoms. The second kappa shape index (κ2) is 4.39. The lowest BCUT2D eigenvalue weighted by Crippen LogP contribution is -2.37. The quantitative estimate of drug-likeness (QED) is 0.210. The van der Waals surface area contributed by atoms with Gasteiger partial charge in [-0.25, -0.2) is 21.3 Å². The number of carbonyl (C=O) groups is 2. The molecule has 1 aromatic rings. The van der Waals surface area contributed by atoms with Crippen molar-refractivity contribution in [3.05, 3.63) is 17.7 Å². The van der Waals surface area contributed by atoms with E-state index >= 15 is 0 Å². The van der Waals surface area contributed by atoms with Crippen molar-refractivity contribution in [3.8, 4) is 0 Å². The third-order valence-electron chi connectivity index (χ3n) is 1.70. The van der Waals surface area contributed by atoms with Gasteiger partial charge < -0.3 is 5.43 Å². The van der Waals surface area contributed by atoms with E-state index in [1.165, 1.54) is 11.0 Å². The van der Waals surface area contributed by atoms with Crippen molar-refractivity contribution in [2.75, 3.05) is 12.5 Å². The van der Waals surface area contributed by atoms with Crippen LogP contribution < -0.4 is 28.0 Å². The molecule has 9 heteroatoms. The number of imidazole rings is 1. The third kappa shape index (κ3) is 1.87. The fraction of sp³-hybridized carbons (Fsp3) is 0.167. The summed E-state index contributed by atoms with van der Waals surface area (Å²) in [6.45, 7) is 0. The van der Waals surface area contributed by atoms with Gasteiger partial charge in [-0.15, -0.1) is 0 Å². The van der Waals surface area contributed by atoms with Crippen LogP contribution in [0, 0.1) is 0 Å². The van der Waals surface area contributed by atoms with Gasteiger partial charge in [-0.3, -0.25) is 20.4 Å². The highest BCUT2D eigenvalue weighted by molar-refractivity contribution is 6.04. The minimum Gasteiger partial charge on any atom is -0.327 e. The van der Waals surface area contributed by atoms with Crippen molar-refractivity contribution in [1.29, 1.82) is 0 Å². The molecular formula is C6H11N7O2. The second-order valence-electron chi connectivity index (χ2n) is 2.48. The molecule has 0 saturated heterocycles. The van der Waals surface area contributed by atoms with Crippen LogP contribution >= 0.6 is 0 Å². The van der Waals surface area contributed by atoms with Crippen LogP contribution in [0.1, 0.15) is 21.0 Å². The molecule has 0 saturated carbocycles. The van der Waals surface area contributed by atoms with Crippen molar-refractivity contribution in [2.24, 2.45) is 11.7 Å². The molecule has 1 aromatic heterocycles. The van der Waals surface area contributed by atoms with Crippen LogP contribution in [-0.2, 0) is 0 Å². The van der Waals surface area contributed by atoms with E-state index < -0.39 is 11.8 Å². The molecule has 0 radical (unpaired) electrons. The lowest BCUT2D eigenvalue weighted by atomic mass is 10.3. The fourth-order valence-electron chi connectivity index (χ4n) is 1.04. The SMILES string of the molecule is CNn1cnc(C(=O)NN)c1C(=O)NN. The van der Waals surface area contributed by atoms with Crippen LogP contribution in [-0.4, -0.2) is 28.5 Å². The van der Waals surface area contributed by atoms with Gasteiger partial charge in [-0.05, 0) is 0 Å². The highest BCUT2D eigenvalue weighted by Crippen LogP contribution is 2.05. The summed E-state index contributed by atoms with van der Waals surface area (Å²) < 4.78 is 1.24. The van der Waals surface area contributed by atoms with Crippen molar-refractivity contribution >= 4 is 11.8 Å². The summed E-state index contributed by atoms with van der Waals surface area (Å²) >= 11 is 0. The Kier molecular flexibility index (Phi) is 3.21. The third-order valence-corrected chi connectivity index (χ3v) is 1.70. The zero-order valence-electron chi connectivity index (χ0n) is 7.94. The van der Waals surface area contributed by atoms with Gasteiger partial charge in [-0.2, -0.15) is 0 Å². The van der Waals surface area contributed by atoms with Crippen LogP contribution in [0.4, 0.5) is 0 Å². The van der Waals surface area contributed by atoms with Crippen LogP contribution in [0.15, 0.2) is 6.33 Å². The van der Waals surface area contributed by atoms with Crippen LogP contribution in [0.25, 0.3) is 0 Å². The summed E-state index contributed by atoms with van der Waals surface area (Å²) in [5, 5.41) is 0. The molecule has 0 aliphatic rings. The average molecular weight is 213 g/mol. The Hall–Kier alpha value is -2.13. The minimum atomic E-state index is -0.678. The van der Waals surface area contributed by atoms with E-state index in [4.69, 9.17) is 11.7 Å². The van der Waals surface area contributed by atoms with Crippen molar-refractivity contribution in [2.45, 2.75) is 0 Å². The highest BCUT2D eigenvalue weighted by Gasteiger charge is 2.22. The van der Waals surface area contributed by atoms with Gasteiger partial charge in [0.2, 0.25) is 0 Å². The number of amides is 2. The number of rotatable bonds is 3. The van der Waals surface area contributed by atoms with Gasteiger partial charge in [0, 0.05) is 7.05 Å². The minimum absolute atomic E-state index is 0.0250. The molecule has 1 rings (SSSR count). The molecule has 82 valence electrons. The normalized spacial score (nSPS) is 9.53. The highest BCUT2D eigenvalue weighted by atomic mass is 16.2. The molecule has 9 nitrogen and oxygen atoms in total. The van der Waals surface area contributed by atoms with Gasteiger partial charge in [0.05, 0.1) is 0 Å². The number of nitrogen functional groups attached to an aromatic ring is 2. The molecule has 0 aliphatic carbocycles. The fourth-order valence-corrected chi connectivity index (χ4v) is 1.04. The number of hydrazine groups is 2. The van der Waals surface area contributed by atoms with Gasteiger partial charge in [0.1, 0.15) is 6.33 Å². The molecule has 0 bridgehead atoms. The summed E-state index contributed by atoms with van der Waals surface area (Å²) in [6.07, 6.45) is 1.26. The Morgan fingerprint density at radius 3 is 2.40 bits per heavy atom. The van der Waals surface area contributed by atoms with E-state index in [9.17, 15) is 9.59 Å². The molecule has 0 unspecified atom stereocenters. The zero-order chi connectivity index (χ0) is 11.4. The largest absolute Gasteiger partial charge is 0.327 e. The summed E-state index contributed by atoms with van der Waals surface area (Å²) in [7, 11) is 1.55. The molecule has 0 fully saturated rings. The first-order valence-corrected chi connectivity index (χ1v) is 3.92. The molecule has 0 spiro atoms. The predicted octanol–water partition coefficient (Wildman–Crippen LogP) is -2.74. The Bertz CT molecular complexity index is 385. The summed E-state index contributed by atoms with van der Waals surface area (Å²) in [5.41, 5.74) is 6.26. The number of carbonyl (C=O) groups excluding carboxylic acids is 2. The Labute approximate surface area is 84.7 Å². The molecular weight excluding hydrogens is 202 g/mol. The van der Waals surface area contributed by atoms with Gasteiger partial charge in [-0.1, -0.05) is 0 Å². The first-order chi connectivity index (χ1) is 7.15. The average Bonchev–Trinajstić information content (AvgIpc) is 2.70. The summed E-state index contributed by atoms with van der Waals surface area (Å²) in [5.74, 6) is 8.57. The zero-order valence-corrected chi connectivity index (χ0v) is 7.94. The number of hydrogen-bond donors (Lipinski definition) is 5. The molecule has 0 aromatic carbocycles. The maximum Gasteiger partial charge on any atom is 0.286 e. The molecule has 2 amide bonds. The van der Waals surface area contributed by atoms with Gasteiger partial charge in [0.25, 0.3) is 11.8 Å². The summed E-state index contributed by atoms with van der Waals surface area (Å²) in [6, 6.07) is 0. The predicted molar refractivity (Wildman–Crippen MR) is 50.8 cm³/mol. The number of nitrogens with one attached hydrogen (secondary N) is 3. The number of hydrogen-bond acceptors (Lipinski definition) is 6. The maximum absolute atomic E-state index is 11.3. The monoisotopic (exact) mass is 213 g/mol. The van der Waals surface area contributed by atoms with Crippen LogP contribution in [0.5, 0.6) is 0 Å². The lowest BCUT2D eigenvalue weighted by Gasteiger charge is -2.06. The number of nitrogens with zero attached hydrogens (tertiary/aromatic N) is 2. The Morgan fingerprint density at radius 1 is 1.33 bits per heavy atom. The second-order valence-corrected chi connectivity index (χ2v) is 2.48. The molecule has 1 heterocycles. The Morgan fingerprint density at radius 2 is 1.93 bits per heavy atom. The van der Waals surface area contributed by atoms with E-state index in [0.29, 0.717) is 0 Å². The topological polar surface area (TPSA) is 140 Å².